The summed E-state index contributed by atoms with van der Waals surface area (Å²) in [5.41, 5.74) is 1.51. The maximum absolute atomic E-state index is 12.5. The zero-order valence-electron chi connectivity index (χ0n) is 15.2. The van der Waals surface area contributed by atoms with Gasteiger partial charge in [-0.2, -0.15) is 0 Å². The molecule has 0 bridgehead atoms. The lowest BCUT2D eigenvalue weighted by Crippen LogP contribution is -2.29. The molecule has 1 N–H and O–H groups in total. The van der Waals surface area contributed by atoms with Crippen LogP contribution in [-0.2, 0) is 20.7 Å². The van der Waals surface area contributed by atoms with E-state index in [-0.39, 0.29) is 6.42 Å². The van der Waals surface area contributed by atoms with Crippen molar-refractivity contribution in [1.82, 2.24) is 0 Å². The summed E-state index contributed by atoms with van der Waals surface area (Å²) in [5.74, 6) is -2.11. The Bertz CT molecular complexity index is 869. The van der Waals surface area contributed by atoms with Gasteiger partial charge in [0, 0.05) is 28.6 Å². The quantitative estimate of drug-likeness (QED) is 0.443. The number of ether oxygens (including phenoxy) is 2. The van der Waals surface area contributed by atoms with Gasteiger partial charge in [-0.15, -0.1) is 0 Å². The summed E-state index contributed by atoms with van der Waals surface area (Å²) in [6.45, 7) is 1.58. The van der Waals surface area contributed by atoms with Crippen molar-refractivity contribution in [3.8, 4) is 5.75 Å². The smallest absolute Gasteiger partial charge is 0.332 e. The molecule has 0 saturated carbocycles. The van der Waals surface area contributed by atoms with Crippen LogP contribution < -0.4 is 4.74 Å². The standard InChI is InChI=1S/C20H19Cl3O5/c1-11(7-18(27-2)19(24)25)20(26)28-17-10-15(22)6-4-13(17)8-12-3-5-14(21)9-16(12)23/h3-6,9-11,18H,7-8H2,1-2H3,(H,24,25)/t11-,18-/m1/s1. The molecule has 2 rings (SSSR count). The third-order valence-electron chi connectivity index (χ3n) is 4.17. The molecule has 0 radical (unpaired) electrons. The molecule has 0 aliphatic heterocycles. The number of rotatable bonds is 8. The average molecular weight is 446 g/mol. The maximum atomic E-state index is 12.5. The first-order valence-electron chi connectivity index (χ1n) is 8.41. The van der Waals surface area contributed by atoms with Crippen LogP contribution in [0.15, 0.2) is 36.4 Å². The van der Waals surface area contributed by atoms with Crippen LogP contribution in [-0.4, -0.2) is 30.3 Å². The highest BCUT2D eigenvalue weighted by Gasteiger charge is 2.26. The van der Waals surface area contributed by atoms with Gasteiger partial charge in [-0.1, -0.05) is 53.9 Å². The van der Waals surface area contributed by atoms with E-state index in [9.17, 15) is 9.59 Å². The minimum Gasteiger partial charge on any atom is -0.479 e. The number of carbonyl (C=O) groups is 2. The van der Waals surface area contributed by atoms with Gasteiger partial charge in [0.25, 0.3) is 0 Å². The van der Waals surface area contributed by atoms with Gasteiger partial charge in [0.15, 0.2) is 6.10 Å². The first-order chi connectivity index (χ1) is 13.2. The summed E-state index contributed by atoms with van der Waals surface area (Å²) in [4.78, 5) is 23.5. The predicted molar refractivity (Wildman–Crippen MR) is 109 cm³/mol. The number of halogens is 3. The van der Waals surface area contributed by atoms with Crippen molar-refractivity contribution in [2.45, 2.75) is 25.9 Å². The van der Waals surface area contributed by atoms with Crippen LogP contribution >= 0.6 is 34.8 Å². The van der Waals surface area contributed by atoms with Gasteiger partial charge in [0.1, 0.15) is 5.75 Å². The Hall–Kier alpha value is -1.79. The summed E-state index contributed by atoms with van der Waals surface area (Å²) >= 11 is 18.2. The highest BCUT2D eigenvalue weighted by atomic mass is 35.5. The fourth-order valence-corrected chi connectivity index (χ4v) is 3.20. The van der Waals surface area contributed by atoms with E-state index in [4.69, 9.17) is 49.4 Å². The van der Waals surface area contributed by atoms with E-state index in [1.165, 1.54) is 13.2 Å². The number of benzene rings is 2. The van der Waals surface area contributed by atoms with Gasteiger partial charge >= 0.3 is 11.9 Å². The number of carboxylic acids is 1. The molecule has 0 unspecified atom stereocenters. The Morgan fingerprint density at radius 3 is 2.21 bits per heavy atom. The molecule has 0 fully saturated rings. The predicted octanol–water partition coefficient (Wildman–Crippen LogP) is 5.27. The zero-order chi connectivity index (χ0) is 20.8. The summed E-state index contributed by atoms with van der Waals surface area (Å²) in [5, 5.41) is 10.5. The number of hydrogen-bond acceptors (Lipinski definition) is 4. The Kier molecular flexibility index (Phi) is 8.13. The minimum absolute atomic E-state index is 0.0103. The number of carbonyl (C=O) groups excluding carboxylic acids is 1. The fraction of sp³-hybridized carbons (Fsp3) is 0.300. The van der Waals surface area contributed by atoms with Crippen LogP contribution in [0.3, 0.4) is 0 Å². The summed E-state index contributed by atoms with van der Waals surface area (Å²) in [7, 11) is 1.28. The summed E-state index contributed by atoms with van der Waals surface area (Å²) in [6.07, 6.45) is -0.696. The normalized spacial score (nSPS) is 13.0. The van der Waals surface area contributed by atoms with Crippen LogP contribution in [0.1, 0.15) is 24.5 Å². The van der Waals surface area contributed by atoms with Crippen molar-refractivity contribution < 1.29 is 24.2 Å². The highest BCUT2D eigenvalue weighted by molar-refractivity contribution is 6.35. The number of esters is 1. The largest absolute Gasteiger partial charge is 0.479 e. The van der Waals surface area contributed by atoms with Crippen LogP contribution in [0, 0.1) is 5.92 Å². The number of hydrogen-bond donors (Lipinski definition) is 1. The second kappa shape index (κ2) is 10.1. The number of methoxy groups -OCH3 is 1. The van der Waals surface area contributed by atoms with Crippen molar-refractivity contribution in [2.24, 2.45) is 5.92 Å². The molecular weight excluding hydrogens is 427 g/mol. The van der Waals surface area contributed by atoms with Crippen LogP contribution in [0.5, 0.6) is 5.75 Å². The first kappa shape index (κ1) is 22.5. The molecule has 5 nitrogen and oxygen atoms in total. The SMILES string of the molecule is CO[C@H](C[C@@H](C)C(=O)Oc1cc(Cl)ccc1Cc1ccc(Cl)cc1Cl)C(=O)O. The lowest BCUT2D eigenvalue weighted by Gasteiger charge is -2.17. The van der Waals surface area contributed by atoms with Crippen molar-refractivity contribution >= 4 is 46.7 Å². The van der Waals surface area contributed by atoms with E-state index in [0.29, 0.717) is 32.8 Å². The number of aliphatic carboxylic acids is 1. The van der Waals surface area contributed by atoms with Gasteiger partial charge in [0.2, 0.25) is 0 Å². The van der Waals surface area contributed by atoms with Crippen LogP contribution in [0.4, 0.5) is 0 Å². The maximum Gasteiger partial charge on any atom is 0.332 e. The van der Waals surface area contributed by atoms with Gasteiger partial charge < -0.3 is 14.6 Å². The molecule has 0 spiro atoms. The van der Waals surface area contributed by atoms with Crippen molar-refractivity contribution in [3.63, 3.8) is 0 Å². The lowest BCUT2D eigenvalue weighted by atomic mass is 10.0. The van der Waals surface area contributed by atoms with Gasteiger partial charge in [0.05, 0.1) is 5.92 Å². The van der Waals surface area contributed by atoms with Gasteiger partial charge in [-0.3, -0.25) is 4.79 Å². The van der Waals surface area contributed by atoms with Gasteiger partial charge in [-0.25, -0.2) is 4.79 Å². The summed E-state index contributed by atoms with van der Waals surface area (Å²) in [6, 6.07) is 10.1. The molecule has 0 saturated heterocycles. The van der Waals surface area contributed by atoms with E-state index in [2.05, 4.69) is 0 Å². The second-order valence-electron chi connectivity index (χ2n) is 6.28. The molecule has 0 aliphatic rings. The topological polar surface area (TPSA) is 72.8 Å². The van der Waals surface area contributed by atoms with Crippen molar-refractivity contribution in [3.05, 3.63) is 62.6 Å². The molecule has 2 aromatic carbocycles. The van der Waals surface area contributed by atoms with E-state index in [1.54, 1.807) is 37.3 Å². The molecule has 0 aliphatic carbocycles. The zero-order valence-corrected chi connectivity index (χ0v) is 17.5. The second-order valence-corrected chi connectivity index (χ2v) is 7.57. The van der Waals surface area contributed by atoms with E-state index < -0.39 is 24.0 Å². The molecule has 150 valence electrons. The van der Waals surface area contributed by atoms with E-state index in [0.717, 1.165) is 5.56 Å². The molecule has 28 heavy (non-hydrogen) atoms. The molecule has 2 atom stereocenters. The van der Waals surface area contributed by atoms with E-state index in [1.807, 2.05) is 0 Å². The summed E-state index contributed by atoms with van der Waals surface area (Å²) < 4.78 is 10.4. The van der Waals surface area contributed by atoms with Crippen molar-refractivity contribution in [2.75, 3.05) is 7.11 Å². The molecule has 8 heteroatoms. The molecule has 0 amide bonds. The molecule has 0 heterocycles. The van der Waals surface area contributed by atoms with Crippen LogP contribution in [0.25, 0.3) is 0 Å². The van der Waals surface area contributed by atoms with Crippen LogP contribution in [0.2, 0.25) is 15.1 Å². The third-order valence-corrected chi connectivity index (χ3v) is 4.99. The minimum atomic E-state index is -1.14. The lowest BCUT2D eigenvalue weighted by molar-refractivity contribution is -0.151. The monoisotopic (exact) mass is 444 g/mol. The Morgan fingerprint density at radius 1 is 1.04 bits per heavy atom. The fourth-order valence-electron chi connectivity index (χ4n) is 2.56. The Labute approximate surface area is 178 Å². The van der Waals surface area contributed by atoms with Crippen molar-refractivity contribution in [1.29, 1.82) is 0 Å². The first-order valence-corrected chi connectivity index (χ1v) is 9.54. The Morgan fingerprint density at radius 2 is 1.64 bits per heavy atom. The molecular formula is C20H19Cl3O5. The number of carboxylic acid groups (broad SMARTS) is 1. The average Bonchev–Trinajstić information content (AvgIpc) is 2.63. The molecule has 2 aromatic rings. The van der Waals surface area contributed by atoms with Gasteiger partial charge in [-0.05, 0) is 41.8 Å². The third kappa shape index (κ3) is 6.11. The molecule has 0 aromatic heterocycles. The Balaban J connectivity index is 2.19. The highest BCUT2D eigenvalue weighted by Crippen LogP contribution is 2.30. The van der Waals surface area contributed by atoms with E-state index >= 15 is 0 Å².